The summed E-state index contributed by atoms with van der Waals surface area (Å²) < 4.78 is 26.5. The number of fused-ring (bicyclic) bond motifs is 1. The summed E-state index contributed by atoms with van der Waals surface area (Å²) in [5.74, 6) is -9.21. The number of hydrogen-bond acceptors (Lipinski definition) is 2. The molecule has 2 rings (SSSR count). The Kier molecular flexibility index (Phi) is 3.15. The minimum atomic E-state index is -4.31. The van der Waals surface area contributed by atoms with Gasteiger partial charge in [-0.25, -0.2) is 4.79 Å². The Balaban J connectivity index is 2.37. The monoisotopic (exact) mass is 254 g/mol. The molecule has 1 atom stereocenters. The molecule has 0 amide bonds. The molecule has 18 heavy (non-hydrogen) atoms. The quantitative estimate of drug-likeness (QED) is 0.843. The number of aryl methyl sites for hydroxylation is 1. The Morgan fingerprint density at radius 1 is 1.28 bits per heavy atom. The first-order valence-corrected chi connectivity index (χ1v) is 5.68. The second-order valence-electron chi connectivity index (χ2n) is 4.39. The van der Waals surface area contributed by atoms with Gasteiger partial charge in [-0.2, -0.15) is 8.78 Å². The van der Waals surface area contributed by atoms with E-state index in [9.17, 15) is 18.4 Å². The maximum absolute atomic E-state index is 13.3. The highest BCUT2D eigenvalue weighted by Crippen LogP contribution is 2.36. The molecule has 0 fully saturated rings. The van der Waals surface area contributed by atoms with Crippen molar-refractivity contribution >= 4 is 11.8 Å². The average Bonchev–Trinajstić information content (AvgIpc) is 2.37. The topological polar surface area (TPSA) is 54.4 Å². The van der Waals surface area contributed by atoms with Crippen molar-refractivity contribution in [2.45, 2.75) is 31.1 Å². The summed E-state index contributed by atoms with van der Waals surface area (Å²) in [5, 5.41) is 8.42. The normalized spacial score (nSPS) is 19.1. The SMILES string of the molecule is O=C(O)C(F)(F)C(=O)C1CCCc2ccccc21. The van der Waals surface area contributed by atoms with Crippen molar-refractivity contribution in [3.8, 4) is 0 Å². The Bertz CT molecular complexity index is 497. The molecule has 1 N–H and O–H groups in total. The van der Waals surface area contributed by atoms with Gasteiger partial charge in [0.25, 0.3) is 0 Å². The van der Waals surface area contributed by atoms with E-state index in [1.807, 2.05) is 0 Å². The summed E-state index contributed by atoms with van der Waals surface area (Å²) in [6.45, 7) is 0. The van der Waals surface area contributed by atoms with Gasteiger partial charge < -0.3 is 5.11 Å². The number of carbonyl (C=O) groups is 2. The van der Waals surface area contributed by atoms with Gasteiger partial charge >= 0.3 is 11.9 Å². The molecule has 1 unspecified atom stereocenters. The molecule has 0 radical (unpaired) electrons. The predicted octanol–water partition coefficient (Wildman–Crippen LogP) is 2.40. The molecule has 0 aromatic heterocycles. The number of carboxylic acid groups (broad SMARTS) is 1. The maximum Gasteiger partial charge on any atom is 0.400 e. The van der Waals surface area contributed by atoms with Gasteiger partial charge in [0.1, 0.15) is 0 Å². The first kappa shape index (κ1) is 12.7. The maximum atomic E-state index is 13.3. The van der Waals surface area contributed by atoms with Crippen LogP contribution in [0.3, 0.4) is 0 Å². The van der Waals surface area contributed by atoms with E-state index in [2.05, 4.69) is 0 Å². The number of halogens is 2. The fourth-order valence-corrected chi connectivity index (χ4v) is 2.35. The molecule has 0 saturated heterocycles. The summed E-state index contributed by atoms with van der Waals surface area (Å²) in [6.07, 6.45) is 1.63. The fraction of sp³-hybridized carbons (Fsp3) is 0.385. The number of benzene rings is 1. The predicted molar refractivity (Wildman–Crippen MR) is 59.7 cm³/mol. The molecule has 3 nitrogen and oxygen atoms in total. The van der Waals surface area contributed by atoms with Gasteiger partial charge in [-0.15, -0.1) is 0 Å². The highest BCUT2D eigenvalue weighted by molar-refractivity contribution is 6.07. The van der Waals surface area contributed by atoms with Gasteiger partial charge in [0.15, 0.2) is 0 Å². The number of ketones is 1. The molecule has 0 saturated carbocycles. The zero-order valence-corrected chi connectivity index (χ0v) is 9.53. The van der Waals surface area contributed by atoms with Crippen LogP contribution < -0.4 is 0 Å². The molecule has 5 heteroatoms. The van der Waals surface area contributed by atoms with E-state index in [1.165, 1.54) is 0 Å². The minimum Gasteiger partial charge on any atom is -0.476 e. The largest absolute Gasteiger partial charge is 0.476 e. The second kappa shape index (κ2) is 4.48. The number of rotatable bonds is 3. The highest BCUT2D eigenvalue weighted by Gasteiger charge is 2.51. The van der Waals surface area contributed by atoms with Crippen LogP contribution in [0, 0.1) is 0 Å². The number of Topliss-reactive ketones (excluding diaryl/α,β-unsaturated/α-hetero) is 1. The third-order valence-corrected chi connectivity index (χ3v) is 3.26. The Morgan fingerprint density at radius 2 is 1.94 bits per heavy atom. The van der Waals surface area contributed by atoms with E-state index in [0.717, 1.165) is 12.0 Å². The van der Waals surface area contributed by atoms with Crippen molar-refractivity contribution in [1.29, 1.82) is 0 Å². The lowest BCUT2D eigenvalue weighted by Gasteiger charge is -2.26. The van der Waals surface area contributed by atoms with Crippen LogP contribution in [0.5, 0.6) is 0 Å². The zero-order valence-electron chi connectivity index (χ0n) is 9.53. The van der Waals surface area contributed by atoms with E-state index in [-0.39, 0.29) is 6.42 Å². The van der Waals surface area contributed by atoms with Gasteiger partial charge in [-0.3, -0.25) is 4.79 Å². The van der Waals surface area contributed by atoms with Crippen molar-refractivity contribution in [1.82, 2.24) is 0 Å². The Labute approximate surface area is 102 Å². The second-order valence-corrected chi connectivity index (χ2v) is 4.39. The Morgan fingerprint density at radius 3 is 2.61 bits per heavy atom. The van der Waals surface area contributed by atoms with Crippen LogP contribution >= 0.6 is 0 Å². The first-order valence-electron chi connectivity index (χ1n) is 5.68. The molecule has 0 heterocycles. The van der Waals surface area contributed by atoms with Gasteiger partial charge in [-0.05, 0) is 30.4 Å². The standard InChI is InChI=1S/C13H12F2O3/c14-13(15,12(17)18)11(16)10-7-3-5-8-4-1-2-6-9(8)10/h1-2,4,6,10H,3,5,7H2,(H,17,18). The van der Waals surface area contributed by atoms with Crippen molar-refractivity contribution < 1.29 is 23.5 Å². The molecular formula is C13H12F2O3. The van der Waals surface area contributed by atoms with Crippen molar-refractivity contribution in [3.05, 3.63) is 35.4 Å². The lowest BCUT2D eigenvalue weighted by atomic mass is 9.79. The van der Waals surface area contributed by atoms with Gasteiger partial charge in [-0.1, -0.05) is 24.3 Å². The molecule has 96 valence electrons. The van der Waals surface area contributed by atoms with Crippen LogP contribution in [0.1, 0.15) is 29.9 Å². The number of aliphatic carboxylic acids is 1. The van der Waals surface area contributed by atoms with Crippen LogP contribution in [0.25, 0.3) is 0 Å². The Hall–Kier alpha value is -1.78. The van der Waals surface area contributed by atoms with Crippen LogP contribution in [0.4, 0.5) is 8.78 Å². The molecule has 1 aliphatic carbocycles. The third-order valence-electron chi connectivity index (χ3n) is 3.26. The fourth-order valence-electron chi connectivity index (χ4n) is 2.35. The number of alkyl halides is 2. The van der Waals surface area contributed by atoms with Crippen molar-refractivity contribution in [2.75, 3.05) is 0 Å². The summed E-state index contributed by atoms with van der Waals surface area (Å²) >= 11 is 0. The summed E-state index contributed by atoms with van der Waals surface area (Å²) in [7, 11) is 0. The van der Waals surface area contributed by atoms with E-state index in [0.29, 0.717) is 12.0 Å². The van der Waals surface area contributed by atoms with Crippen LogP contribution in [-0.4, -0.2) is 22.8 Å². The molecule has 0 aliphatic heterocycles. The lowest BCUT2D eigenvalue weighted by molar-refractivity contribution is -0.172. The molecule has 1 aromatic rings. The molecule has 1 aliphatic rings. The molecule has 1 aromatic carbocycles. The molecule has 0 bridgehead atoms. The third kappa shape index (κ3) is 2.00. The van der Waals surface area contributed by atoms with Crippen molar-refractivity contribution in [3.63, 3.8) is 0 Å². The van der Waals surface area contributed by atoms with Crippen LogP contribution in [-0.2, 0) is 16.0 Å². The summed E-state index contributed by atoms with van der Waals surface area (Å²) in [5.41, 5.74) is 1.39. The number of hydrogen-bond donors (Lipinski definition) is 1. The first-order chi connectivity index (χ1) is 8.44. The smallest absolute Gasteiger partial charge is 0.400 e. The van der Waals surface area contributed by atoms with Gasteiger partial charge in [0.05, 0.1) is 0 Å². The van der Waals surface area contributed by atoms with E-state index < -0.39 is 23.6 Å². The lowest BCUT2D eigenvalue weighted by Crippen LogP contribution is -2.41. The van der Waals surface area contributed by atoms with E-state index in [4.69, 9.17) is 5.11 Å². The highest BCUT2D eigenvalue weighted by atomic mass is 19.3. The molecule has 0 spiro atoms. The molecular weight excluding hydrogens is 242 g/mol. The average molecular weight is 254 g/mol. The summed E-state index contributed by atoms with van der Waals surface area (Å²) in [6, 6.07) is 6.85. The van der Waals surface area contributed by atoms with E-state index in [1.54, 1.807) is 24.3 Å². The number of carboxylic acids is 1. The van der Waals surface area contributed by atoms with Crippen LogP contribution in [0.15, 0.2) is 24.3 Å². The van der Waals surface area contributed by atoms with Crippen LogP contribution in [0.2, 0.25) is 0 Å². The summed E-state index contributed by atoms with van der Waals surface area (Å²) in [4.78, 5) is 22.1. The number of carbonyl (C=O) groups excluding carboxylic acids is 1. The van der Waals surface area contributed by atoms with Gasteiger partial charge in [0, 0.05) is 5.92 Å². The van der Waals surface area contributed by atoms with E-state index >= 15 is 0 Å². The minimum absolute atomic E-state index is 0.277. The van der Waals surface area contributed by atoms with Gasteiger partial charge in [0.2, 0.25) is 5.78 Å². The van der Waals surface area contributed by atoms with Crippen molar-refractivity contribution in [2.24, 2.45) is 0 Å². The zero-order chi connectivity index (χ0) is 13.3.